The third kappa shape index (κ3) is 7.29. The molecule has 4 rings (SSSR count). The molecule has 1 aromatic heterocycles. The van der Waals surface area contributed by atoms with Crippen LogP contribution in [-0.2, 0) is 28.4 Å². The van der Waals surface area contributed by atoms with Crippen LogP contribution < -0.4 is 10.6 Å². The average molecular weight is 566 g/mol. The van der Waals surface area contributed by atoms with Crippen molar-refractivity contribution >= 4 is 30.9 Å². The van der Waals surface area contributed by atoms with Crippen LogP contribution in [0.25, 0.3) is 11.3 Å². The zero-order chi connectivity index (χ0) is 29.7. The van der Waals surface area contributed by atoms with Crippen LogP contribution in [0.2, 0.25) is 0 Å². The summed E-state index contributed by atoms with van der Waals surface area (Å²) in [6.45, 7) is 5.26. The van der Waals surface area contributed by atoms with E-state index in [0.717, 1.165) is 5.56 Å². The van der Waals surface area contributed by atoms with E-state index in [1.807, 2.05) is 44.2 Å². The summed E-state index contributed by atoms with van der Waals surface area (Å²) in [5.41, 5.74) is 1.44. The van der Waals surface area contributed by atoms with Gasteiger partial charge in [-0.1, -0.05) is 50.2 Å². The maximum absolute atomic E-state index is 13.4. The van der Waals surface area contributed by atoms with Crippen molar-refractivity contribution in [3.8, 4) is 11.3 Å². The van der Waals surface area contributed by atoms with Crippen LogP contribution in [0.5, 0.6) is 0 Å². The Hall–Kier alpha value is -3.81. The van der Waals surface area contributed by atoms with E-state index < -0.39 is 61.0 Å². The number of rotatable bonds is 9. The highest BCUT2D eigenvalue weighted by Gasteiger charge is 2.49. The summed E-state index contributed by atoms with van der Waals surface area (Å²) in [5.74, 6) is -3.65. The molecule has 218 valence electrons. The topological polar surface area (TPSA) is 156 Å². The summed E-state index contributed by atoms with van der Waals surface area (Å²) >= 11 is 0. The molecule has 2 aromatic rings. The lowest BCUT2D eigenvalue weighted by atomic mass is 9.73. The number of hydrogen-bond acceptors (Lipinski definition) is 10. The Kier molecular flexibility index (Phi) is 9.74. The monoisotopic (exact) mass is 566 g/mol. The maximum atomic E-state index is 13.4. The Balaban J connectivity index is 1.51. The van der Waals surface area contributed by atoms with Crippen LogP contribution in [-0.4, -0.2) is 96.3 Å². The molecule has 3 heterocycles. The summed E-state index contributed by atoms with van der Waals surface area (Å²) in [6.07, 6.45) is -1.01. The van der Waals surface area contributed by atoms with Gasteiger partial charge in [-0.3, -0.25) is 24.1 Å². The van der Waals surface area contributed by atoms with Crippen LogP contribution >= 0.6 is 0 Å². The number of aliphatic hydroxyl groups is 1. The van der Waals surface area contributed by atoms with E-state index >= 15 is 0 Å². The number of morpholine rings is 1. The van der Waals surface area contributed by atoms with Gasteiger partial charge in [0.15, 0.2) is 0 Å². The normalized spacial score (nSPS) is 21.6. The SMILES string of the molecule is CC(C)C[C@H](NC(=O)C(NC(=O)c1cccc(-c2ccccc2)n1)[C@@H](C)O)B1OC(=O)[C@H]2COC[C@H](C(=O)O1)N2C. The third-order valence-corrected chi connectivity index (χ3v) is 7.03. The molecule has 2 saturated heterocycles. The second kappa shape index (κ2) is 13.2. The number of nitrogens with zero attached hydrogens (tertiary/aromatic N) is 2. The van der Waals surface area contributed by atoms with Crippen molar-refractivity contribution in [2.45, 2.75) is 57.4 Å². The van der Waals surface area contributed by atoms with E-state index in [-0.39, 0.29) is 31.2 Å². The quantitative estimate of drug-likeness (QED) is 0.367. The molecule has 0 radical (unpaired) electrons. The number of likely N-dealkylation sites (N-methyl/N-ethyl adjacent to an activating group) is 1. The van der Waals surface area contributed by atoms with E-state index in [9.17, 15) is 24.3 Å². The first-order valence-corrected chi connectivity index (χ1v) is 13.6. The molecule has 1 aromatic carbocycles. The van der Waals surface area contributed by atoms with Gasteiger partial charge in [0.05, 0.1) is 31.0 Å². The third-order valence-electron chi connectivity index (χ3n) is 7.03. The van der Waals surface area contributed by atoms with Crippen molar-refractivity contribution < 1.29 is 38.3 Å². The Morgan fingerprint density at radius 1 is 1.00 bits per heavy atom. The number of amides is 2. The molecule has 1 unspecified atom stereocenters. The highest BCUT2D eigenvalue weighted by molar-refractivity contribution is 6.51. The molecule has 2 aliphatic heterocycles. The van der Waals surface area contributed by atoms with Gasteiger partial charge in [0.25, 0.3) is 5.91 Å². The first-order valence-electron chi connectivity index (χ1n) is 13.6. The van der Waals surface area contributed by atoms with Crippen molar-refractivity contribution in [2.75, 3.05) is 20.3 Å². The number of carbonyl (C=O) groups is 4. The zero-order valence-corrected chi connectivity index (χ0v) is 23.5. The minimum absolute atomic E-state index is 0.00170. The molecular formula is C28H35BN4O8. The summed E-state index contributed by atoms with van der Waals surface area (Å²) in [5, 5.41) is 15.7. The van der Waals surface area contributed by atoms with Crippen LogP contribution in [0.15, 0.2) is 48.5 Å². The molecule has 12 nitrogen and oxygen atoms in total. The van der Waals surface area contributed by atoms with Gasteiger partial charge in [0.1, 0.15) is 23.8 Å². The van der Waals surface area contributed by atoms with E-state index in [1.54, 1.807) is 24.1 Å². The molecule has 13 heteroatoms. The first-order chi connectivity index (χ1) is 19.5. The Morgan fingerprint density at radius 2 is 1.63 bits per heavy atom. The van der Waals surface area contributed by atoms with Crippen molar-refractivity contribution in [3.05, 3.63) is 54.2 Å². The van der Waals surface area contributed by atoms with Crippen molar-refractivity contribution in [3.63, 3.8) is 0 Å². The van der Waals surface area contributed by atoms with Gasteiger partial charge in [0, 0.05) is 5.56 Å². The van der Waals surface area contributed by atoms with Gasteiger partial charge < -0.3 is 29.8 Å². The Labute approximate surface area is 238 Å². The van der Waals surface area contributed by atoms with E-state index in [0.29, 0.717) is 5.69 Å². The second-order valence-electron chi connectivity index (χ2n) is 10.7. The minimum atomic E-state index is -1.41. The molecule has 2 bridgehead atoms. The molecule has 0 aliphatic carbocycles. The summed E-state index contributed by atoms with van der Waals surface area (Å²) < 4.78 is 16.5. The number of fused-ring (bicyclic) bond motifs is 2. The number of hydrogen-bond donors (Lipinski definition) is 3. The fourth-order valence-electron chi connectivity index (χ4n) is 4.76. The second-order valence-corrected chi connectivity index (χ2v) is 10.7. The van der Waals surface area contributed by atoms with Gasteiger partial charge in [-0.15, -0.1) is 0 Å². The van der Waals surface area contributed by atoms with Crippen LogP contribution in [0, 0.1) is 5.92 Å². The molecule has 41 heavy (non-hydrogen) atoms. The first kappa shape index (κ1) is 30.2. The van der Waals surface area contributed by atoms with Gasteiger partial charge in [-0.05, 0) is 38.4 Å². The lowest BCUT2D eigenvalue weighted by Crippen LogP contribution is -2.64. The Morgan fingerprint density at radius 3 is 2.22 bits per heavy atom. The predicted molar refractivity (Wildman–Crippen MR) is 148 cm³/mol. The number of aliphatic hydroxyl groups excluding tert-OH is 1. The highest BCUT2D eigenvalue weighted by atomic mass is 16.6. The smallest absolute Gasteiger partial charge is 0.497 e. The molecule has 2 fully saturated rings. The van der Waals surface area contributed by atoms with Crippen molar-refractivity contribution in [2.24, 2.45) is 5.92 Å². The molecule has 0 spiro atoms. The van der Waals surface area contributed by atoms with Gasteiger partial charge >= 0.3 is 19.1 Å². The predicted octanol–water partition coefficient (Wildman–Crippen LogP) is 0.585. The van der Waals surface area contributed by atoms with E-state index in [1.165, 1.54) is 13.0 Å². The van der Waals surface area contributed by atoms with Crippen LogP contribution in [0.4, 0.5) is 0 Å². The average Bonchev–Trinajstić information content (AvgIpc) is 2.94. The molecule has 2 amide bonds. The standard InChI is InChI=1S/C28H35BN4O8/c1-16(2)13-23(29-40-27(37)21-14-39-15-22(33(21)4)28(38)41-29)31-26(36)24(17(3)34)32-25(35)20-12-8-11-19(30-20)18-9-6-5-7-10-18/h5-12,16-17,21-24,34H,13-15H2,1-4H3,(H,31,36)(H,32,35)/t17-,21-,22-,23+,24?/m1/s1. The number of carbonyl (C=O) groups excluding carboxylic acids is 4. The van der Waals surface area contributed by atoms with Gasteiger partial charge in [-0.25, -0.2) is 4.98 Å². The number of pyridine rings is 1. The summed E-state index contributed by atoms with van der Waals surface area (Å²) in [6, 6.07) is 11.3. The number of aromatic nitrogens is 1. The fraction of sp³-hybridized carbons (Fsp3) is 0.464. The largest absolute Gasteiger partial charge is 0.622 e. The lowest BCUT2D eigenvalue weighted by molar-refractivity contribution is -0.166. The number of benzene rings is 1. The van der Waals surface area contributed by atoms with Crippen molar-refractivity contribution in [1.82, 2.24) is 20.5 Å². The summed E-state index contributed by atoms with van der Waals surface area (Å²) in [4.78, 5) is 58.3. The number of ether oxygens (including phenoxy) is 1. The summed E-state index contributed by atoms with van der Waals surface area (Å²) in [7, 11) is 0.210. The zero-order valence-electron chi connectivity index (χ0n) is 23.5. The molecular weight excluding hydrogens is 531 g/mol. The van der Waals surface area contributed by atoms with E-state index in [4.69, 9.17) is 14.0 Å². The molecule has 3 N–H and O–H groups in total. The fourth-order valence-corrected chi connectivity index (χ4v) is 4.76. The van der Waals surface area contributed by atoms with Gasteiger partial charge in [0.2, 0.25) is 5.91 Å². The highest BCUT2D eigenvalue weighted by Crippen LogP contribution is 2.21. The van der Waals surface area contributed by atoms with Crippen molar-refractivity contribution in [1.29, 1.82) is 0 Å². The van der Waals surface area contributed by atoms with Crippen LogP contribution in [0.1, 0.15) is 37.7 Å². The Bertz CT molecular complexity index is 1230. The van der Waals surface area contributed by atoms with Crippen LogP contribution in [0.3, 0.4) is 0 Å². The van der Waals surface area contributed by atoms with Gasteiger partial charge in [-0.2, -0.15) is 0 Å². The number of nitrogens with one attached hydrogen (secondary N) is 2. The minimum Gasteiger partial charge on any atom is -0.497 e. The lowest BCUT2D eigenvalue weighted by Gasteiger charge is -2.40. The molecule has 0 saturated carbocycles. The maximum Gasteiger partial charge on any atom is 0.622 e. The van der Waals surface area contributed by atoms with E-state index in [2.05, 4.69) is 15.6 Å². The molecule has 2 aliphatic rings. The molecule has 5 atom stereocenters.